The van der Waals surface area contributed by atoms with Gasteiger partial charge in [-0.05, 0) is 61.9 Å². The topological polar surface area (TPSA) is 46.2 Å². The number of thiophene rings is 1. The second kappa shape index (κ2) is 5.59. The zero-order chi connectivity index (χ0) is 14.9. The minimum Gasteiger partial charge on any atom is -0.320 e. The van der Waals surface area contributed by atoms with Crippen LogP contribution in [-0.4, -0.2) is 11.7 Å². The Labute approximate surface area is 122 Å². The van der Waals surface area contributed by atoms with Crippen molar-refractivity contribution in [3.05, 3.63) is 50.7 Å². The Morgan fingerprint density at radius 2 is 1.80 bits per heavy atom. The maximum atomic E-state index is 12.3. The fourth-order valence-corrected chi connectivity index (χ4v) is 3.01. The van der Waals surface area contributed by atoms with Gasteiger partial charge in [-0.25, -0.2) is 0 Å². The Bertz CT molecular complexity index is 686. The molecule has 0 bridgehead atoms. The second-order valence-corrected chi connectivity index (χ2v) is 5.86. The summed E-state index contributed by atoms with van der Waals surface area (Å²) < 4.78 is 0. The molecule has 1 aromatic heterocycles. The van der Waals surface area contributed by atoms with Crippen LogP contribution in [0.5, 0.6) is 0 Å². The molecule has 0 spiro atoms. The van der Waals surface area contributed by atoms with Crippen LogP contribution in [-0.2, 0) is 0 Å². The van der Waals surface area contributed by atoms with Crippen molar-refractivity contribution in [2.75, 3.05) is 5.32 Å². The highest BCUT2D eigenvalue weighted by Crippen LogP contribution is 2.25. The van der Waals surface area contributed by atoms with E-state index in [-0.39, 0.29) is 11.7 Å². The first-order chi connectivity index (χ1) is 9.40. The summed E-state index contributed by atoms with van der Waals surface area (Å²) in [7, 11) is 0. The number of Topliss-reactive ketones (excluding diaryl/α,β-unsaturated/α-hetero) is 1. The number of carbonyl (C=O) groups is 2. The van der Waals surface area contributed by atoms with Gasteiger partial charge in [-0.1, -0.05) is 6.07 Å². The monoisotopic (exact) mass is 287 g/mol. The molecule has 4 heteroatoms. The molecular formula is C16H17NO2S. The number of rotatable bonds is 3. The lowest BCUT2D eigenvalue weighted by Gasteiger charge is -2.13. The summed E-state index contributed by atoms with van der Waals surface area (Å²) in [5, 5.41) is 4.77. The number of hydrogen-bond donors (Lipinski definition) is 1. The number of ketones is 1. The molecule has 1 aromatic carbocycles. The third kappa shape index (κ3) is 2.80. The normalized spacial score (nSPS) is 10.4. The van der Waals surface area contributed by atoms with E-state index in [9.17, 15) is 9.59 Å². The molecular weight excluding hydrogens is 270 g/mol. The predicted octanol–water partition coefficient (Wildman–Crippen LogP) is 4.13. The predicted molar refractivity (Wildman–Crippen MR) is 82.9 cm³/mol. The molecule has 1 heterocycles. The highest BCUT2D eigenvalue weighted by atomic mass is 32.1. The van der Waals surface area contributed by atoms with Gasteiger partial charge in [0.15, 0.2) is 5.78 Å². The molecule has 0 aliphatic rings. The van der Waals surface area contributed by atoms with Crippen LogP contribution in [0.15, 0.2) is 23.6 Å². The molecule has 0 saturated carbocycles. The van der Waals surface area contributed by atoms with Gasteiger partial charge in [0, 0.05) is 5.56 Å². The second-order valence-electron chi connectivity index (χ2n) is 4.95. The van der Waals surface area contributed by atoms with Crippen LogP contribution in [0.4, 0.5) is 5.69 Å². The molecule has 2 aromatic rings. The van der Waals surface area contributed by atoms with Crippen LogP contribution in [0.25, 0.3) is 0 Å². The van der Waals surface area contributed by atoms with E-state index in [0.29, 0.717) is 16.1 Å². The molecule has 0 aliphatic carbocycles. The van der Waals surface area contributed by atoms with Gasteiger partial charge in [-0.2, -0.15) is 0 Å². The first-order valence-corrected chi connectivity index (χ1v) is 7.25. The van der Waals surface area contributed by atoms with Crippen LogP contribution >= 0.6 is 11.3 Å². The summed E-state index contributed by atoms with van der Waals surface area (Å²) in [6.45, 7) is 7.25. The van der Waals surface area contributed by atoms with Gasteiger partial charge in [0.2, 0.25) is 0 Å². The Hall–Kier alpha value is -1.94. The lowest BCUT2D eigenvalue weighted by atomic mass is 10.0. The summed E-state index contributed by atoms with van der Waals surface area (Å²) >= 11 is 1.40. The standard InChI is InChI=1S/C16H17NO2S/c1-9-7-11(3)14(13(8-9)12(4)18)17-16(19)15-10(2)5-6-20-15/h5-8H,1-4H3,(H,17,19). The van der Waals surface area contributed by atoms with Crippen molar-refractivity contribution in [3.8, 4) is 0 Å². The summed E-state index contributed by atoms with van der Waals surface area (Å²) in [5.41, 5.74) is 4.03. The smallest absolute Gasteiger partial charge is 0.266 e. The Morgan fingerprint density at radius 3 is 2.35 bits per heavy atom. The van der Waals surface area contributed by atoms with Crippen molar-refractivity contribution < 1.29 is 9.59 Å². The maximum absolute atomic E-state index is 12.3. The number of nitrogens with one attached hydrogen (secondary N) is 1. The molecule has 1 N–H and O–H groups in total. The number of carbonyl (C=O) groups excluding carboxylic acids is 2. The summed E-state index contributed by atoms with van der Waals surface area (Å²) in [6.07, 6.45) is 0. The summed E-state index contributed by atoms with van der Waals surface area (Å²) in [5.74, 6) is -0.207. The average Bonchev–Trinajstić information content (AvgIpc) is 2.78. The maximum Gasteiger partial charge on any atom is 0.266 e. The van der Waals surface area contributed by atoms with Crippen molar-refractivity contribution in [3.63, 3.8) is 0 Å². The van der Waals surface area contributed by atoms with Crippen molar-refractivity contribution >= 4 is 28.7 Å². The lowest BCUT2D eigenvalue weighted by molar-refractivity contribution is 0.101. The van der Waals surface area contributed by atoms with E-state index < -0.39 is 0 Å². The van der Waals surface area contributed by atoms with Gasteiger partial charge < -0.3 is 5.32 Å². The number of aryl methyl sites for hydroxylation is 3. The van der Waals surface area contributed by atoms with Gasteiger partial charge in [-0.15, -0.1) is 11.3 Å². The minimum atomic E-state index is -0.160. The number of anilines is 1. The van der Waals surface area contributed by atoms with Gasteiger partial charge in [0.25, 0.3) is 5.91 Å². The highest BCUT2D eigenvalue weighted by Gasteiger charge is 2.16. The zero-order valence-electron chi connectivity index (χ0n) is 12.0. The Balaban J connectivity index is 2.41. The molecule has 2 rings (SSSR count). The van der Waals surface area contributed by atoms with Crippen molar-refractivity contribution in [1.29, 1.82) is 0 Å². The lowest BCUT2D eigenvalue weighted by Crippen LogP contribution is -2.15. The molecule has 0 fully saturated rings. The minimum absolute atomic E-state index is 0.0463. The zero-order valence-corrected chi connectivity index (χ0v) is 12.9. The van der Waals surface area contributed by atoms with Crippen molar-refractivity contribution in [2.45, 2.75) is 27.7 Å². The first-order valence-electron chi connectivity index (χ1n) is 6.37. The summed E-state index contributed by atoms with van der Waals surface area (Å²) in [4.78, 5) is 24.7. The van der Waals surface area contributed by atoms with E-state index in [1.807, 2.05) is 44.4 Å². The molecule has 0 radical (unpaired) electrons. The quantitative estimate of drug-likeness (QED) is 0.863. The van der Waals surface area contributed by atoms with Gasteiger partial charge in [0.1, 0.15) is 0 Å². The number of hydrogen-bond acceptors (Lipinski definition) is 3. The van der Waals surface area contributed by atoms with Gasteiger partial charge in [0.05, 0.1) is 10.6 Å². The van der Waals surface area contributed by atoms with E-state index in [0.717, 1.165) is 16.7 Å². The Morgan fingerprint density at radius 1 is 1.10 bits per heavy atom. The highest BCUT2D eigenvalue weighted by molar-refractivity contribution is 7.12. The third-order valence-corrected chi connectivity index (χ3v) is 4.18. The van der Waals surface area contributed by atoms with Crippen LogP contribution < -0.4 is 5.32 Å². The molecule has 3 nitrogen and oxygen atoms in total. The molecule has 1 amide bonds. The number of benzene rings is 1. The molecule has 20 heavy (non-hydrogen) atoms. The van der Waals surface area contributed by atoms with Crippen molar-refractivity contribution in [2.24, 2.45) is 0 Å². The molecule has 0 saturated heterocycles. The van der Waals surface area contributed by atoms with E-state index in [4.69, 9.17) is 0 Å². The molecule has 104 valence electrons. The molecule has 0 atom stereocenters. The fraction of sp³-hybridized carbons (Fsp3) is 0.250. The molecule has 0 aliphatic heterocycles. The van der Waals surface area contributed by atoms with Crippen LogP contribution in [0.1, 0.15) is 43.6 Å². The number of amides is 1. The van der Waals surface area contributed by atoms with E-state index in [1.54, 1.807) is 0 Å². The third-order valence-electron chi connectivity index (χ3n) is 3.17. The average molecular weight is 287 g/mol. The SMILES string of the molecule is CC(=O)c1cc(C)cc(C)c1NC(=O)c1sccc1C. The summed E-state index contributed by atoms with van der Waals surface area (Å²) in [6, 6.07) is 5.68. The van der Waals surface area contributed by atoms with Gasteiger partial charge >= 0.3 is 0 Å². The largest absolute Gasteiger partial charge is 0.320 e. The van der Waals surface area contributed by atoms with Crippen LogP contribution in [0, 0.1) is 20.8 Å². The van der Waals surface area contributed by atoms with E-state index >= 15 is 0 Å². The van der Waals surface area contributed by atoms with E-state index in [1.165, 1.54) is 18.3 Å². The first kappa shape index (κ1) is 14.5. The van der Waals surface area contributed by atoms with Gasteiger partial charge in [-0.3, -0.25) is 9.59 Å². The van der Waals surface area contributed by atoms with Crippen molar-refractivity contribution in [1.82, 2.24) is 0 Å². The fourth-order valence-electron chi connectivity index (χ4n) is 2.19. The van der Waals surface area contributed by atoms with Crippen LogP contribution in [0.3, 0.4) is 0 Å². The van der Waals surface area contributed by atoms with E-state index in [2.05, 4.69) is 5.32 Å². The van der Waals surface area contributed by atoms with Crippen LogP contribution in [0.2, 0.25) is 0 Å². The Kier molecular flexibility index (Phi) is 4.04. The molecule has 0 unspecified atom stereocenters.